The average Bonchev–Trinajstić information content (AvgIpc) is 2.27. The van der Waals surface area contributed by atoms with Gasteiger partial charge in [0, 0.05) is 19.8 Å². The van der Waals surface area contributed by atoms with Crippen LogP contribution in [0.2, 0.25) is 5.02 Å². The number of rotatable bonds is 4. The molecule has 0 fully saturated rings. The molecular formula is C12H17ClN2O2. The number of nitrogens with zero attached hydrogens (tertiary/aromatic N) is 1. The summed E-state index contributed by atoms with van der Waals surface area (Å²) >= 11 is 5.99. The number of nitrogens with two attached hydrogens (primary N) is 1. The van der Waals surface area contributed by atoms with Crippen LogP contribution in [-0.4, -0.2) is 37.6 Å². The van der Waals surface area contributed by atoms with E-state index in [1.807, 2.05) is 6.92 Å². The lowest BCUT2D eigenvalue weighted by Gasteiger charge is -2.24. The maximum Gasteiger partial charge on any atom is 0.255 e. The molecule has 1 amide bonds. The lowest BCUT2D eigenvalue weighted by molar-refractivity contribution is 0.0634. The zero-order chi connectivity index (χ0) is 13.0. The summed E-state index contributed by atoms with van der Waals surface area (Å²) in [7, 11) is 3.32. The number of halogens is 1. The minimum atomic E-state index is -0.139. The van der Waals surface area contributed by atoms with E-state index in [0.717, 1.165) is 0 Å². The SMILES string of the molecule is COCC(C)N(C)C(=O)c1ccc(N)cc1Cl. The summed E-state index contributed by atoms with van der Waals surface area (Å²) in [6.07, 6.45) is 0. The van der Waals surface area contributed by atoms with E-state index < -0.39 is 0 Å². The highest BCUT2D eigenvalue weighted by Crippen LogP contribution is 2.21. The van der Waals surface area contributed by atoms with Crippen molar-refractivity contribution in [3.05, 3.63) is 28.8 Å². The predicted molar refractivity (Wildman–Crippen MR) is 69.3 cm³/mol. The van der Waals surface area contributed by atoms with Gasteiger partial charge in [-0.1, -0.05) is 11.6 Å². The largest absolute Gasteiger partial charge is 0.399 e. The van der Waals surface area contributed by atoms with Crippen molar-refractivity contribution in [1.82, 2.24) is 4.90 Å². The maximum absolute atomic E-state index is 12.1. The number of likely N-dealkylation sites (N-methyl/N-ethyl adjacent to an activating group) is 1. The summed E-state index contributed by atoms with van der Waals surface area (Å²) in [5.41, 5.74) is 6.57. The summed E-state index contributed by atoms with van der Waals surface area (Å²) in [6, 6.07) is 4.86. The lowest BCUT2D eigenvalue weighted by Crippen LogP contribution is -2.37. The van der Waals surface area contributed by atoms with Crippen LogP contribution < -0.4 is 5.73 Å². The van der Waals surface area contributed by atoms with E-state index in [1.54, 1.807) is 37.3 Å². The Kier molecular flexibility index (Phi) is 4.78. The standard InChI is InChI=1S/C12H17ClN2O2/c1-8(7-17-3)15(2)12(16)10-5-4-9(14)6-11(10)13/h4-6,8H,7,14H2,1-3H3. The van der Waals surface area contributed by atoms with Crippen molar-refractivity contribution in [3.63, 3.8) is 0 Å². The average molecular weight is 257 g/mol. The first-order valence-electron chi connectivity index (χ1n) is 5.28. The molecule has 0 bridgehead atoms. The highest BCUT2D eigenvalue weighted by molar-refractivity contribution is 6.34. The molecule has 1 unspecified atom stereocenters. The molecule has 0 saturated heterocycles. The molecule has 17 heavy (non-hydrogen) atoms. The molecule has 4 nitrogen and oxygen atoms in total. The van der Waals surface area contributed by atoms with Gasteiger partial charge in [-0.3, -0.25) is 4.79 Å². The van der Waals surface area contributed by atoms with E-state index in [9.17, 15) is 4.79 Å². The van der Waals surface area contributed by atoms with Gasteiger partial charge in [-0.25, -0.2) is 0 Å². The molecule has 0 aromatic heterocycles. The predicted octanol–water partition coefficient (Wildman–Crippen LogP) is 2.03. The van der Waals surface area contributed by atoms with E-state index >= 15 is 0 Å². The monoisotopic (exact) mass is 256 g/mol. The second-order valence-electron chi connectivity index (χ2n) is 3.96. The van der Waals surface area contributed by atoms with Crippen LogP contribution >= 0.6 is 11.6 Å². The zero-order valence-corrected chi connectivity index (χ0v) is 11.0. The van der Waals surface area contributed by atoms with E-state index in [-0.39, 0.29) is 11.9 Å². The van der Waals surface area contributed by atoms with Crippen LogP contribution in [0.1, 0.15) is 17.3 Å². The number of amides is 1. The second kappa shape index (κ2) is 5.89. The number of carbonyl (C=O) groups excluding carboxylic acids is 1. The number of methoxy groups -OCH3 is 1. The Morgan fingerprint density at radius 1 is 1.59 bits per heavy atom. The fraction of sp³-hybridized carbons (Fsp3) is 0.417. The summed E-state index contributed by atoms with van der Waals surface area (Å²) in [5.74, 6) is -0.139. The van der Waals surface area contributed by atoms with E-state index in [0.29, 0.717) is 22.9 Å². The Morgan fingerprint density at radius 2 is 2.24 bits per heavy atom. The Morgan fingerprint density at radius 3 is 2.76 bits per heavy atom. The third kappa shape index (κ3) is 3.35. The lowest BCUT2D eigenvalue weighted by atomic mass is 10.1. The summed E-state index contributed by atoms with van der Waals surface area (Å²) < 4.78 is 5.01. The maximum atomic E-state index is 12.1. The Labute approximate surface area is 106 Å². The van der Waals surface area contributed by atoms with Crippen LogP contribution in [0.15, 0.2) is 18.2 Å². The molecule has 0 aliphatic carbocycles. The molecule has 2 N–H and O–H groups in total. The van der Waals surface area contributed by atoms with Gasteiger partial charge in [0.25, 0.3) is 5.91 Å². The molecule has 1 aromatic rings. The number of carbonyl (C=O) groups is 1. The molecule has 1 atom stereocenters. The van der Waals surface area contributed by atoms with E-state index in [2.05, 4.69) is 0 Å². The quantitative estimate of drug-likeness (QED) is 0.839. The summed E-state index contributed by atoms with van der Waals surface area (Å²) in [4.78, 5) is 13.7. The number of hydrogen-bond donors (Lipinski definition) is 1. The van der Waals surface area contributed by atoms with Gasteiger partial charge in [0.15, 0.2) is 0 Å². The molecular weight excluding hydrogens is 240 g/mol. The first kappa shape index (κ1) is 13.8. The Bertz CT molecular complexity index is 409. The number of anilines is 1. The van der Waals surface area contributed by atoms with Crippen molar-refractivity contribution in [2.24, 2.45) is 0 Å². The molecule has 0 heterocycles. The fourth-order valence-corrected chi connectivity index (χ4v) is 1.72. The van der Waals surface area contributed by atoms with Crippen molar-refractivity contribution < 1.29 is 9.53 Å². The molecule has 1 rings (SSSR count). The van der Waals surface area contributed by atoms with Crippen LogP contribution in [0.5, 0.6) is 0 Å². The number of ether oxygens (including phenoxy) is 1. The van der Waals surface area contributed by atoms with Crippen LogP contribution in [-0.2, 0) is 4.74 Å². The van der Waals surface area contributed by atoms with Gasteiger partial charge in [0.2, 0.25) is 0 Å². The smallest absolute Gasteiger partial charge is 0.255 e. The van der Waals surface area contributed by atoms with Crippen molar-refractivity contribution in [1.29, 1.82) is 0 Å². The third-order valence-electron chi connectivity index (χ3n) is 2.61. The molecule has 0 aliphatic heterocycles. The van der Waals surface area contributed by atoms with Crippen molar-refractivity contribution in [3.8, 4) is 0 Å². The molecule has 0 radical (unpaired) electrons. The first-order chi connectivity index (χ1) is 7.97. The van der Waals surface area contributed by atoms with Crippen molar-refractivity contribution in [2.45, 2.75) is 13.0 Å². The second-order valence-corrected chi connectivity index (χ2v) is 4.37. The summed E-state index contributed by atoms with van der Waals surface area (Å²) in [6.45, 7) is 2.39. The van der Waals surface area contributed by atoms with Gasteiger partial charge in [0.1, 0.15) is 0 Å². The topological polar surface area (TPSA) is 55.6 Å². The molecule has 1 aromatic carbocycles. The third-order valence-corrected chi connectivity index (χ3v) is 2.93. The van der Waals surface area contributed by atoms with E-state index in [4.69, 9.17) is 22.1 Å². The fourth-order valence-electron chi connectivity index (χ4n) is 1.45. The van der Waals surface area contributed by atoms with Crippen LogP contribution in [0.25, 0.3) is 0 Å². The minimum Gasteiger partial charge on any atom is -0.399 e. The molecule has 5 heteroatoms. The number of benzene rings is 1. The van der Waals surface area contributed by atoms with Crippen LogP contribution in [0, 0.1) is 0 Å². The summed E-state index contributed by atoms with van der Waals surface area (Å²) in [5, 5.41) is 0.367. The van der Waals surface area contributed by atoms with Gasteiger partial charge < -0.3 is 15.4 Å². The van der Waals surface area contributed by atoms with Gasteiger partial charge in [-0.15, -0.1) is 0 Å². The molecule has 0 aliphatic rings. The normalized spacial score (nSPS) is 12.2. The number of nitrogen functional groups attached to an aromatic ring is 1. The molecule has 94 valence electrons. The minimum absolute atomic E-state index is 0.0129. The highest BCUT2D eigenvalue weighted by atomic mass is 35.5. The van der Waals surface area contributed by atoms with Gasteiger partial charge in [-0.05, 0) is 25.1 Å². The zero-order valence-electron chi connectivity index (χ0n) is 10.2. The van der Waals surface area contributed by atoms with Gasteiger partial charge in [0.05, 0.1) is 23.2 Å². The molecule has 0 spiro atoms. The van der Waals surface area contributed by atoms with E-state index in [1.165, 1.54) is 0 Å². The first-order valence-corrected chi connectivity index (χ1v) is 5.66. The molecule has 0 saturated carbocycles. The van der Waals surface area contributed by atoms with Crippen LogP contribution in [0.3, 0.4) is 0 Å². The van der Waals surface area contributed by atoms with Gasteiger partial charge in [-0.2, -0.15) is 0 Å². The van der Waals surface area contributed by atoms with Gasteiger partial charge >= 0.3 is 0 Å². The van der Waals surface area contributed by atoms with Crippen LogP contribution in [0.4, 0.5) is 5.69 Å². The Hall–Kier alpha value is -1.26. The number of hydrogen-bond acceptors (Lipinski definition) is 3. The van der Waals surface area contributed by atoms with Crippen molar-refractivity contribution >= 4 is 23.2 Å². The van der Waals surface area contributed by atoms with Crippen molar-refractivity contribution in [2.75, 3.05) is 26.5 Å². The Balaban J connectivity index is 2.88. The highest BCUT2D eigenvalue weighted by Gasteiger charge is 2.19.